The number of rotatable bonds is 7. The molecule has 2 N–H and O–H groups in total. The highest BCUT2D eigenvalue weighted by molar-refractivity contribution is 5.79. The Morgan fingerprint density at radius 3 is 2.52 bits per heavy atom. The maximum absolute atomic E-state index is 13.8. The van der Waals surface area contributed by atoms with Gasteiger partial charge in [-0.3, -0.25) is 19.1 Å². The topological polar surface area (TPSA) is 93.2 Å². The van der Waals surface area contributed by atoms with Gasteiger partial charge in [-0.2, -0.15) is 0 Å². The molecule has 0 fully saturated rings. The van der Waals surface area contributed by atoms with Crippen molar-refractivity contribution in [3.63, 3.8) is 0 Å². The molecular formula is C23H26FN3O4. The number of ether oxygens (including phenoxy) is 1. The van der Waals surface area contributed by atoms with Gasteiger partial charge in [-0.15, -0.1) is 0 Å². The number of aryl methyl sites for hydroxylation is 1. The molecule has 0 radical (unpaired) electrons. The molecule has 0 aliphatic heterocycles. The molecule has 1 atom stereocenters. The lowest BCUT2D eigenvalue weighted by Gasteiger charge is -2.31. The number of halogens is 1. The van der Waals surface area contributed by atoms with Crippen LogP contribution in [0, 0.1) is 11.2 Å². The molecule has 2 aromatic carbocycles. The molecule has 31 heavy (non-hydrogen) atoms. The van der Waals surface area contributed by atoms with E-state index in [1.165, 1.54) is 16.7 Å². The average molecular weight is 427 g/mol. The predicted octanol–water partition coefficient (Wildman–Crippen LogP) is 2.83. The SMILES string of the molecule is CC(C)(C)C(COc1ccccc1F)NC(=O)CCn1c(=O)[nH]c(=O)c2ccccc21. The van der Waals surface area contributed by atoms with Gasteiger partial charge in [0.1, 0.15) is 6.61 Å². The lowest BCUT2D eigenvalue weighted by molar-refractivity contribution is -0.123. The van der Waals surface area contributed by atoms with Gasteiger partial charge in [0.2, 0.25) is 5.91 Å². The van der Waals surface area contributed by atoms with E-state index in [-0.39, 0.29) is 42.7 Å². The summed E-state index contributed by atoms with van der Waals surface area (Å²) in [6.45, 7) is 6.04. The van der Waals surface area contributed by atoms with Crippen molar-refractivity contribution in [3.05, 3.63) is 75.2 Å². The fourth-order valence-electron chi connectivity index (χ4n) is 3.19. The lowest BCUT2D eigenvalue weighted by Crippen LogP contribution is -2.47. The molecule has 0 aliphatic carbocycles. The van der Waals surface area contributed by atoms with E-state index in [9.17, 15) is 18.8 Å². The summed E-state index contributed by atoms with van der Waals surface area (Å²) in [7, 11) is 0. The highest BCUT2D eigenvalue weighted by Gasteiger charge is 2.27. The van der Waals surface area contributed by atoms with Crippen molar-refractivity contribution in [2.75, 3.05) is 6.61 Å². The Bertz CT molecular complexity index is 1190. The van der Waals surface area contributed by atoms with E-state index < -0.39 is 17.1 Å². The van der Waals surface area contributed by atoms with Crippen LogP contribution in [-0.4, -0.2) is 28.1 Å². The summed E-state index contributed by atoms with van der Waals surface area (Å²) in [5.74, 6) is -0.623. The number of carbonyl (C=O) groups excluding carboxylic acids is 1. The Kier molecular flexibility index (Phi) is 6.58. The van der Waals surface area contributed by atoms with Gasteiger partial charge in [-0.1, -0.05) is 45.0 Å². The normalized spacial score (nSPS) is 12.5. The van der Waals surface area contributed by atoms with Gasteiger partial charge in [-0.05, 0) is 29.7 Å². The Labute approximate surface area is 178 Å². The Hall–Kier alpha value is -3.42. The number of nitrogens with zero attached hydrogens (tertiary/aromatic N) is 1. The highest BCUT2D eigenvalue weighted by atomic mass is 19.1. The molecule has 1 amide bonds. The minimum absolute atomic E-state index is 0.0300. The lowest BCUT2D eigenvalue weighted by atomic mass is 9.87. The molecule has 0 saturated carbocycles. The van der Waals surface area contributed by atoms with Crippen LogP contribution in [0.1, 0.15) is 27.2 Å². The molecule has 1 aromatic heterocycles. The summed E-state index contributed by atoms with van der Waals surface area (Å²) < 4.78 is 20.8. The third-order valence-electron chi connectivity index (χ3n) is 5.09. The van der Waals surface area contributed by atoms with E-state index in [0.29, 0.717) is 10.9 Å². The highest BCUT2D eigenvalue weighted by Crippen LogP contribution is 2.22. The van der Waals surface area contributed by atoms with Crippen molar-refractivity contribution < 1.29 is 13.9 Å². The van der Waals surface area contributed by atoms with Gasteiger partial charge < -0.3 is 10.1 Å². The van der Waals surface area contributed by atoms with E-state index in [1.54, 1.807) is 36.4 Å². The van der Waals surface area contributed by atoms with Crippen LogP contribution in [0.5, 0.6) is 5.75 Å². The first-order valence-electron chi connectivity index (χ1n) is 10.1. The van der Waals surface area contributed by atoms with Crippen LogP contribution < -0.4 is 21.3 Å². The maximum atomic E-state index is 13.8. The second kappa shape index (κ2) is 9.16. The molecule has 0 spiro atoms. The summed E-state index contributed by atoms with van der Waals surface area (Å²) in [6, 6.07) is 12.4. The smallest absolute Gasteiger partial charge is 0.328 e. The first-order valence-corrected chi connectivity index (χ1v) is 10.1. The maximum Gasteiger partial charge on any atom is 0.328 e. The zero-order valence-corrected chi connectivity index (χ0v) is 17.8. The summed E-state index contributed by atoms with van der Waals surface area (Å²) in [5.41, 5.74) is -0.895. The van der Waals surface area contributed by atoms with E-state index in [0.717, 1.165) is 0 Å². The number of aromatic nitrogens is 2. The predicted molar refractivity (Wildman–Crippen MR) is 117 cm³/mol. The summed E-state index contributed by atoms with van der Waals surface area (Å²) in [6.07, 6.45) is 0.0300. The molecule has 8 heteroatoms. The van der Waals surface area contributed by atoms with Crippen LogP contribution in [0.4, 0.5) is 4.39 Å². The summed E-state index contributed by atoms with van der Waals surface area (Å²) >= 11 is 0. The Balaban J connectivity index is 1.69. The van der Waals surface area contributed by atoms with E-state index in [2.05, 4.69) is 10.3 Å². The van der Waals surface area contributed by atoms with Gasteiger partial charge in [0.15, 0.2) is 11.6 Å². The monoisotopic (exact) mass is 427 g/mol. The number of H-pyrrole nitrogens is 1. The van der Waals surface area contributed by atoms with Crippen LogP contribution in [0.2, 0.25) is 0 Å². The molecule has 3 aromatic rings. The van der Waals surface area contributed by atoms with E-state index in [4.69, 9.17) is 4.74 Å². The van der Waals surface area contributed by atoms with Crippen LogP contribution >= 0.6 is 0 Å². The minimum Gasteiger partial charge on any atom is -0.488 e. The zero-order chi connectivity index (χ0) is 22.6. The largest absolute Gasteiger partial charge is 0.488 e. The molecular weight excluding hydrogens is 401 g/mol. The van der Waals surface area contributed by atoms with Crippen molar-refractivity contribution in [1.82, 2.24) is 14.9 Å². The first kappa shape index (κ1) is 22.3. The standard InChI is InChI=1S/C23H26FN3O4/c1-23(2,3)19(14-31-18-11-7-5-9-16(18)24)25-20(28)12-13-27-17-10-6-4-8-15(17)21(29)26-22(27)30/h4-11,19H,12-14H2,1-3H3,(H,25,28)(H,26,29,30). The number of hydrogen-bond donors (Lipinski definition) is 2. The molecule has 3 rings (SSSR count). The molecule has 164 valence electrons. The van der Waals surface area contributed by atoms with Crippen LogP contribution in [0.25, 0.3) is 10.9 Å². The second-order valence-corrected chi connectivity index (χ2v) is 8.41. The third kappa shape index (κ3) is 5.39. The number of nitrogens with one attached hydrogen (secondary N) is 2. The zero-order valence-electron chi connectivity index (χ0n) is 17.8. The van der Waals surface area contributed by atoms with Crippen molar-refractivity contribution in [2.45, 2.75) is 39.8 Å². The Morgan fingerprint density at radius 1 is 1.13 bits per heavy atom. The second-order valence-electron chi connectivity index (χ2n) is 8.41. The number of carbonyl (C=O) groups is 1. The molecule has 7 nitrogen and oxygen atoms in total. The minimum atomic E-state index is -0.563. The number of fused-ring (bicyclic) bond motifs is 1. The molecule has 0 saturated heterocycles. The summed E-state index contributed by atoms with van der Waals surface area (Å²) in [5, 5.41) is 3.30. The number of hydrogen-bond acceptors (Lipinski definition) is 4. The van der Waals surface area contributed by atoms with Crippen molar-refractivity contribution >= 4 is 16.8 Å². The molecule has 1 unspecified atom stereocenters. The first-order chi connectivity index (χ1) is 14.7. The number of amides is 1. The summed E-state index contributed by atoms with van der Waals surface area (Å²) in [4.78, 5) is 39.1. The van der Waals surface area contributed by atoms with Crippen LogP contribution in [0.15, 0.2) is 58.1 Å². The third-order valence-corrected chi connectivity index (χ3v) is 5.09. The van der Waals surface area contributed by atoms with Crippen molar-refractivity contribution in [2.24, 2.45) is 5.41 Å². The van der Waals surface area contributed by atoms with Gasteiger partial charge in [0, 0.05) is 13.0 Å². The van der Waals surface area contributed by atoms with Gasteiger partial charge in [0.25, 0.3) is 5.56 Å². The van der Waals surface area contributed by atoms with Crippen molar-refractivity contribution in [3.8, 4) is 5.75 Å². The van der Waals surface area contributed by atoms with E-state index >= 15 is 0 Å². The van der Waals surface area contributed by atoms with Gasteiger partial charge in [0.05, 0.1) is 16.9 Å². The fraction of sp³-hybridized carbons (Fsp3) is 0.348. The average Bonchev–Trinajstić information content (AvgIpc) is 2.71. The number of aromatic amines is 1. The van der Waals surface area contributed by atoms with Crippen molar-refractivity contribution in [1.29, 1.82) is 0 Å². The fourth-order valence-corrected chi connectivity index (χ4v) is 3.19. The molecule has 1 heterocycles. The quantitative estimate of drug-likeness (QED) is 0.606. The van der Waals surface area contributed by atoms with Crippen LogP contribution in [-0.2, 0) is 11.3 Å². The Morgan fingerprint density at radius 2 is 1.81 bits per heavy atom. The van der Waals surface area contributed by atoms with Gasteiger partial charge >= 0.3 is 5.69 Å². The molecule has 0 bridgehead atoms. The van der Waals surface area contributed by atoms with E-state index in [1.807, 2.05) is 20.8 Å². The number of para-hydroxylation sites is 2. The number of benzene rings is 2. The van der Waals surface area contributed by atoms with Crippen LogP contribution in [0.3, 0.4) is 0 Å². The van der Waals surface area contributed by atoms with Gasteiger partial charge in [-0.25, -0.2) is 9.18 Å². The molecule has 0 aliphatic rings.